The van der Waals surface area contributed by atoms with Gasteiger partial charge in [-0.05, 0) is 12.5 Å². The lowest BCUT2D eigenvalue weighted by Crippen LogP contribution is -2.01. The Labute approximate surface area is 98.7 Å². The third-order valence-electron chi connectivity index (χ3n) is 2.20. The minimum atomic E-state index is 0.580. The number of nitrogen functional groups attached to an aromatic ring is 1. The summed E-state index contributed by atoms with van der Waals surface area (Å²) in [5, 5.41) is 5.18. The molecule has 2 aromatic rings. The van der Waals surface area contributed by atoms with Gasteiger partial charge in [-0.15, -0.1) is 0 Å². The fraction of sp³-hybridized carbons (Fsp3) is 0.400. The van der Waals surface area contributed by atoms with E-state index in [-0.39, 0.29) is 0 Å². The molecule has 0 aromatic carbocycles. The third-order valence-corrected chi connectivity index (χ3v) is 3.35. The molecular formula is C10H15N5S. The van der Waals surface area contributed by atoms with Crippen molar-refractivity contribution in [1.82, 2.24) is 19.3 Å². The zero-order valence-electron chi connectivity index (χ0n) is 9.21. The molecule has 0 saturated heterocycles. The van der Waals surface area contributed by atoms with E-state index in [4.69, 9.17) is 5.73 Å². The van der Waals surface area contributed by atoms with E-state index in [2.05, 4.69) is 10.1 Å². The second-order valence-corrected chi connectivity index (χ2v) is 4.59. The van der Waals surface area contributed by atoms with Crippen LogP contribution < -0.4 is 5.73 Å². The van der Waals surface area contributed by atoms with Gasteiger partial charge in [-0.2, -0.15) is 5.10 Å². The van der Waals surface area contributed by atoms with Gasteiger partial charge in [0, 0.05) is 37.9 Å². The average Bonchev–Trinajstić information content (AvgIpc) is 2.83. The molecule has 0 fully saturated rings. The van der Waals surface area contributed by atoms with Gasteiger partial charge in [-0.3, -0.25) is 4.68 Å². The summed E-state index contributed by atoms with van der Waals surface area (Å²) in [6, 6.07) is 1.81. The number of aromatic nitrogens is 4. The zero-order valence-corrected chi connectivity index (χ0v) is 10.0. The fourth-order valence-electron chi connectivity index (χ4n) is 1.38. The second-order valence-electron chi connectivity index (χ2n) is 3.53. The van der Waals surface area contributed by atoms with Crippen LogP contribution in [0.15, 0.2) is 29.8 Å². The van der Waals surface area contributed by atoms with Crippen molar-refractivity contribution >= 4 is 17.6 Å². The van der Waals surface area contributed by atoms with Crippen molar-refractivity contribution in [2.24, 2.45) is 7.05 Å². The van der Waals surface area contributed by atoms with Gasteiger partial charge in [0.15, 0.2) is 5.16 Å². The van der Waals surface area contributed by atoms with Crippen LogP contribution in [-0.4, -0.2) is 25.1 Å². The number of rotatable bonds is 5. The molecule has 2 aromatic heterocycles. The Bertz CT molecular complexity index is 448. The van der Waals surface area contributed by atoms with E-state index in [1.165, 1.54) is 0 Å². The first-order valence-corrected chi connectivity index (χ1v) is 6.13. The number of thioether (sulfide) groups is 1. The number of aryl methyl sites for hydroxylation is 2. The summed E-state index contributed by atoms with van der Waals surface area (Å²) < 4.78 is 3.89. The van der Waals surface area contributed by atoms with E-state index < -0.39 is 0 Å². The van der Waals surface area contributed by atoms with Crippen molar-refractivity contribution in [3.05, 3.63) is 24.7 Å². The van der Waals surface area contributed by atoms with Crippen molar-refractivity contribution in [1.29, 1.82) is 0 Å². The summed E-state index contributed by atoms with van der Waals surface area (Å²) in [4.78, 5) is 4.25. The van der Waals surface area contributed by atoms with E-state index in [0.717, 1.165) is 23.9 Å². The SMILES string of the molecule is Cn1ccnc1SCCCn1ccc(N)n1. The monoisotopic (exact) mass is 237 g/mol. The summed E-state index contributed by atoms with van der Waals surface area (Å²) in [6.07, 6.45) is 6.73. The predicted octanol–water partition coefficient (Wildman–Crippen LogP) is 1.38. The minimum Gasteiger partial charge on any atom is -0.382 e. The smallest absolute Gasteiger partial charge is 0.167 e. The zero-order chi connectivity index (χ0) is 11.4. The summed E-state index contributed by atoms with van der Waals surface area (Å²) in [7, 11) is 2.00. The second kappa shape index (κ2) is 5.07. The average molecular weight is 237 g/mol. The molecule has 0 aliphatic heterocycles. The summed E-state index contributed by atoms with van der Waals surface area (Å²) in [6.45, 7) is 0.897. The Balaban J connectivity index is 1.71. The molecule has 0 amide bonds. The van der Waals surface area contributed by atoms with Gasteiger partial charge < -0.3 is 10.3 Å². The molecule has 2 N–H and O–H groups in total. The van der Waals surface area contributed by atoms with Gasteiger partial charge in [0.2, 0.25) is 0 Å². The highest BCUT2D eigenvalue weighted by atomic mass is 32.2. The molecule has 0 aliphatic rings. The number of hydrogen-bond donors (Lipinski definition) is 1. The molecule has 0 radical (unpaired) electrons. The molecule has 2 rings (SSSR count). The van der Waals surface area contributed by atoms with Crippen molar-refractivity contribution in [3.63, 3.8) is 0 Å². The Morgan fingerprint density at radius 3 is 2.94 bits per heavy atom. The Morgan fingerprint density at radius 2 is 2.31 bits per heavy atom. The van der Waals surface area contributed by atoms with Crippen LogP contribution in [0.3, 0.4) is 0 Å². The first kappa shape index (κ1) is 11.1. The van der Waals surface area contributed by atoms with Gasteiger partial charge in [0.25, 0.3) is 0 Å². The maximum Gasteiger partial charge on any atom is 0.167 e. The largest absolute Gasteiger partial charge is 0.382 e. The van der Waals surface area contributed by atoms with Crippen LogP contribution in [0.1, 0.15) is 6.42 Å². The third kappa shape index (κ3) is 2.79. The Kier molecular flexibility index (Phi) is 3.51. The molecule has 0 spiro atoms. The number of imidazole rings is 1. The number of nitrogens with two attached hydrogens (primary N) is 1. The minimum absolute atomic E-state index is 0.580. The van der Waals surface area contributed by atoms with Crippen molar-refractivity contribution in [2.75, 3.05) is 11.5 Å². The lowest BCUT2D eigenvalue weighted by molar-refractivity contribution is 0.608. The Morgan fingerprint density at radius 1 is 1.44 bits per heavy atom. The molecule has 0 atom stereocenters. The molecule has 6 heteroatoms. The summed E-state index contributed by atoms with van der Waals surface area (Å²) in [5.74, 6) is 1.61. The van der Waals surface area contributed by atoms with Crippen LogP contribution in [0, 0.1) is 0 Å². The molecule has 2 heterocycles. The van der Waals surface area contributed by atoms with Crippen molar-refractivity contribution in [2.45, 2.75) is 18.1 Å². The maximum absolute atomic E-state index is 5.53. The molecule has 0 bridgehead atoms. The lowest BCUT2D eigenvalue weighted by Gasteiger charge is -2.02. The van der Waals surface area contributed by atoms with E-state index in [9.17, 15) is 0 Å². The molecule has 0 aliphatic carbocycles. The van der Waals surface area contributed by atoms with Crippen LogP contribution in [0.2, 0.25) is 0 Å². The highest BCUT2D eigenvalue weighted by Gasteiger charge is 2.00. The Hall–Kier alpha value is -1.43. The molecule has 16 heavy (non-hydrogen) atoms. The van der Waals surface area contributed by atoms with Crippen molar-refractivity contribution < 1.29 is 0 Å². The van der Waals surface area contributed by atoms with E-state index >= 15 is 0 Å². The van der Waals surface area contributed by atoms with Crippen LogP contribution in [0.4, 0.5) is 5.82 Å². The van der Waals surface area contributed by atoms with Crippen LogP contribution >= 0.6 is 11.8 Å². The predicted molar refractivity (Wildman–Crippen MR) is 65.2 cm³/mol. The first-order valence-electron chi connectivity index (χ1n) is 5.15. The van der Waals surface area contributed by atoms with Crippen LogP contribution in [0.5, 0.6) is 0 Å². The summed E-state index contributed by atoms with van der Waals surface area (Å²) >= 11 is 1.76. The molecule has 0 saturated carbocycles. The topological polar surface area (TPSA) is 61.7 Å². The van der Waals surface area contributed by atoms with Gasteiger partial charge in [-0.25, -0.2) is 4.98 Å². The van der Waals surface area contributed by atoms with Gasteiger partial charge in [0.1, 0.15) is 5.82 Å². The maximum atomic E-state index is 5.53. The van der Waals surface area contributed by atoms with E-state index in [1.807, 2.05) is 41.0 Å². The molecule has 5 nitrogen and oxygen atoms in total. The fourth-order valence-corrected chi connectivity index (χ4v) is 2.24. The standard InChI is InChI=1S/C10H15N5S/c1-14-7-4-12-10(14)16-8-2-5-15-6-3-9(11)13-15/h3-4,6-7H,2,5,8H2,1H3,(H2,11,13). The van der Waals surface area contributed by atoms with Crippen molar-refractivity contribution in [3.8, 4) is 0 Å². The first-order chi connectivity index (χ1) is 7.75. The highest BCUT2D eigenvalue weighted by Crippen LogP contribution is 2.15. The van der Waals surface area contributed by atoms with Gasteiger partial charge in [-0.1, -0.05) is 11.8 Å². The van der Waals surface area contributed by atoms with Crippen LogP contribution in [-0.2, 0) is 13.6 Å². The quantitative estimate of drug-likeness (QED) is 0.630. The number of hydrogen-bond acceptors (Lipinski definition) is 4. The summed E-state index contributed by atoms with van der Waals surface area (Å²) in [5.41, 5.74) is 5.53. The van der Waals surface area contributed by atoms with Gasteiger partial charge in [0.05, 0.1) is 0 Å². The van der Waals surface area contributed by atoms with E-state index in [0.29, 0.717) is 5.82 Å². The van der Waals surface area contributed by atoms with Crippen LogP contribution in [0.25, 0.3) is 0 Å². The number of nitrogens with zero attached hydrogens (tertiary/aromatic N) is 4. The highest BCUT2D eigenvalue weighted by molar-refractivity contribution is 7.99. The molecule has 0 unspecified atom stereocenters. The molecular weight excluding hydrogens is 222 g/mol. The lowest BCUT2D eigenvalue weighted by atomic mass is 10.5. The van der Waals surface area contributed by atoms with E-state index in [1.54, 1.807) is 11.8 Å². The molecule has 86 valence electrons. The normalized spacial score (nSPS) is 10.8. The van der Waals surface area contributed by atoms with Gasteiger partial charge >= 0.3 is 0 Å². The number of anilines is 1.